The van der Waals surface area contributed by atoms with Crippen LogP contribution in [-0.4, -0.2) is 50.1 Å². The fraction of sp³-hybridized carbons (Fsp3) is 0.381. The van der Waals surface area contributed by atoms with Gasteiger partial charge in [0.1, 0.15) is 12.4 Å². The van der Waals surface area contributed by atoms with Gasteiger partial charge in [-0.25, -0.2) is 0 Å². The highest BCUT2D eigenvalue weighted by Gasteiger charge is 2.24. The van der Waals surface area contributed by atoms with Crippen LogP contribution in [0, 0.1) is 0 Å². The number of nitrogens with one attached hydrogen (secondary N) is 1. The topological polar surface area (TPSA) is 44.8 Å². The number of nitrogens with zero attached hydrogens (tertiary/aromatic N) is 2. The van der Waals surface area contributed by atoms with Crippen LogP contribution in [0.2, 0.25) is 10.0 Å². The molecule has 2 heterocycles. The van der Waals surface area contributed by atoms with Gasteiger partial charge in [-0.2, -0.15) is 0 Å². The highest BCUT2D eigenvalue weighted by atomic mass is 35.5. The number of benzene rings is 2. The molecule has 0 unspecified atom stereocenters. The quantitative estimate of drug-likeness (QED) is 0.792. The summed E-state index contributed by atoms with van der Waals surface area (Å²) in [5.74, 6) is 0.614. The number of anilines is 2. The van der Waals surface area contributed by atoms with E-state index in [2.05, 4.69) is 39.4 Å². The fourth-order valence-electron chi connectivity index (χ4n) is 3.77. The van der Waals surface area contributed by atoms with Gasteiger partial charge in [0.15, 0.2) is 0 Å². The second-order valence-electron chi connectivity index (χ2n) is 7.08. The van der Waals surface area contributed by atoms with Crippen LogP contribution in [0.5, 0.6) is 5.75 Å². The molecule has 0 spiro atoms. The van der Waals surface area contributed by atoms with Crippen LogP contribution in [0.25, 0.3) is 0 Å². The van der Waals surface area contributed by atoms with Gasteiger partial charge in [0.25, 0.3) is 0 Å². The van der Waals surface area contributed by atoms with Crippen molar-refractivity contribution in [3.8, 4) is 5.75 Å². The molecule has 4 rings (SSSR count). The predicted molar refractivity (Wildman–Crippen MR) is 114 cm³/mol. The van der Waals surface area contributed by atoms with Crippen molar-refractivity contribution in [2.75, 3.05) is 49.5 Å². The molecule has 5 nitrogen and oxygen atoms in total. The Balaban J connectivity index is 1.33. The number of para-hydroxylation sites is 1. The summed E-state index contributed by atoms with van der Waals surface area (Å²) in [4.78, 5) is 16.5. The Kier molecular flexibility index (Phi) is 5.95. The van der Waals surface area contributed by atoms with Crippen LogP contribution in [0.15, 0.2) is 36.4 Å². The summed E-state index contributed by atoms with van der Waals surface area (Å²) in [5.41, 5.74) is 2.81. The van der Waals surface area contributed by atoms with Gasteiger partial charge in [0.2, 0.25) is 5.91 Å². The van der Waals surface area contributed by atoms with Gasteiger partial charge in [-0.3, -0.25) is 9.69 Å². The number of carbonyl (C=O) groups excluding carboxylic acids is 1. The molecule has 2 aliphatic rings. The highest BCUT2D eigenvalue weighted by molar-refractivity contribution is 6.38. The number of amides is 1. The molecular formula is C21H23Cl2N3O2. The summed E-state index contributed by atoms with van der Waals surface area (Å²) < 4.78 is 6.04. The van der Waals surface area contributed by atoms with Gasteiger partial charge in [-0.1, -0.05) is 41.4 Å². The first kappa shape index (κ1) is 19.4. The third-order valence-electron chi connectivity index (χ3n) is 5.30. The minimum Gasteiger partial charge on any atom is -0.490 e. The smallest absolute Gasteiger partial charge is 0.224 e. The second-order valence-corrected chi connectivity index (χ2v) is 7.90. The zero-order valence-corrected chi connectivity index (χ0v) is 17.1. The lowest BCUT2D eigenvalue weighted by Crippen LogP contribution is -2.47. The van der Waals surface area contributed by atoms with Crippen molar-refractivity contribution in [1.29, 1.82) is 0 Å². The lowest BCUT2D eigenvalue weighted by Gasteiger charge is -2.36. The Morgan fingerprint density at radius 1 is 1.00 bits per heavy atom. The number of rotatable bonds is 5. The molecule has 0 aromatic heterocycles. The van der Waals surface area contributed by atoms with E-state index >= 15 is 0 Å². The van der Waals surface area contributed by atoms with E-state index in [1.165, 1.54) is 5.69 Å². The molecule has 0 radical (unpaired) electrons. The van der Waals surface area contributed by atoms with E-state index < -0.39 is 0 Å². The zero-order chi connectivity index (χ0) is 19.5. The summed E-state index contributed by atoms with van der Waals surface area (Å²) in [6.45, 7) is 5.40. The van der Waals surface area contributed by atoms with Crippen LogP contribution < -0.4 is 15.0 Å². The lowest BCUT2D eigenvalue weighted by atomic mass is 10.0. The zero-order valence-electron chi connectivity index (χ0n) is 15.6. The number of carbonyl (C=O) groups is 1. The molecule has 2 aliphatic heterocycles. The summed E-state index contributed by atoms with van der Waals surface area (Å²) >= 11 is 12.6. The number of piperazine rings is 1. The van der Waals surface area contributed by atoms with E-state index in [9.17, 15) is 4.79 Å². The molecular weight excluding hydrogens is 397 g/mol. The number of hydrogen-bond acceptors (Lipinski definition) is 4. The van der Waals surface area contributed by atoms with Gasteiger partial charge >= 0.3 is 0 Å². The molecule has 1 N–H and O–H groups in total. The third-order valence-corrected chi connectivity index (χ3v) is 5.88. The molecule has 148 valence electrons. The first-order chi connectivity index (χ1) is 13.6. The van der Waals surface area contributed by atoms with Gasteiger partial charge in [0, 0.05) is 50.4 Å². The minimum atomic E-state index is -0.0287. The van der Waals surface area contributed by atoms with Gasteiger partial charge in [-0.05, 0) is 24.6 Å². The minimum absolute atomic E-state index is 0.0287. The fourth-order valence-corrected chi connectivity index (χ4v) is 4.37. The molecule has 1 amide bonds. The molecule has 7 heteroatoms. The van der Waals surface area contributed by atoms with E-state index in [0.29, 0.717) is 40.9 Å². The number of hydrogen-bond donors (Lipinski definition) is 1. The second kappa shape index (κ2) is 8.60. The first-order valence-corrected chi connectivity index (χ1v) is 10.3. The molecule has 0 bridgehead atoms. The molecule has 0 saturated carbocycles. The van der Waals surface area contributed by atoms with Crippen molar-refractivity contribution in [3.63, 3.8) is 0 Å². The van der Waals surface area contributed by atoms with Crippen molar-refractivity contribution in [3.05, 3.63) is 52.0 Å². The van der Waals surface area contributed by atoms with Crippen molar-refractivity contribution < 1.29 is 9.53 Å². The van der Waals surface area contributed by atoms with Crippen molar-refractivity contribution in [2.45, 2.75) is 12.8 Å². The monoisotopic (exact) mass is 419 g/mol. The predicted octanol–water partition coefficient (Wildman–Crippen LogP) is 4.08. The SMILES string of the molecule is O=C1CCc2c(c(Cl)cc(Cl)c2OCCN2CCN(c3ccccc3)CC2)N1. The third kappa shape index (κ3) is 4.22. The molecule has 28 heavy (non-hydrogen) atoms. The average molecular weight is 420 g/mol. The largest absolute Gasteiger partial charge is 0.490 e. The summed E-state index contributed by atoms with van der Waals surface area (Å²) in [7, 11) is 0. The van der Waals surface area contributed by atoms with E-state index in [-0.39, 0.29) is 5.91 Å². The van der Waals surface area contributed by atoms with E-state index in [0.717, 1.165) is 38.3 Å². The maximum absolute atomic E-state index is 11.7. The Bertz CT molecular complexity index is 852. The Hall–Kier alpha value is -1.95. The Labute approximate surface area is 175 Å². The van der Waals surface area contributed by atoms with Gasteiger partial charge in [-0.15, -0.1) is 0 Å². The highest BCUT2D eigenvalue weighted by Crippen LogP contribution is 2.42. The molecule has 0 atom stereocenters. The number of halogens is 2. The van der Waals surface area contributed by atoms with Crippen molar-refractivity contribution >= 4 is 40.5 Å². The molecule has 1 saturated heterocycles. The first-order valence-electron chi connectivity index (χ1n) is 9.57. The lowest BCUT2D eigenvalue weighted by molar-refractivity contribution is -0.116. The Morgan fingerprint density at radius 2 is 1.75 bits per heavy atom. The van der Waals surface area contributed by atoms with Crippen LogP contribution in [-0.2, 0) is 11.2 Å². The summed E-state index contributed by atoms with van der Waals surface area (Å²) in [6.07, 6.45) is 1.01. The van der Waals surface area contributed by atoms with Crippen LogP contribution >= 0.6 is 23.2 Å². The summed E-state index contributed by atoms with van der Waals surface area (Å²) in [6, 6.07) is 12.2. The van der Waals surface area contributed by atoms with E-state index in [1.54, 1.807) is 6.07 Å². The van der Waals surface area contributed by atoms with E-state index in [4.69, 9.17) is 27.9 Å². The number of ether oxygens (including phenoxy) is 1. The van der Waals surface area contributed by atoms with Crippen LogP contribution in [0.3, 0.4) is 0 Å². The van der Waals surface area contributed by atoms with Crippen molar-refractivity contribution in [1.82, 2.24) is 4.90 Å². The normalized spacial score (nSPS) is 17.2. The number of fused-ring (bicyclic) bond motifs is 1. The van der Waals surface area contributed by atoms with Crippen LogP contribution in [0.4, 0.5) is 11.4 Å². The maximum Gasteiger partial charge on any atom is 0.224 e. The Morgan fingerprint density at radius 3 is 2.50 bits per heavy atom. The summed E-state index contributed by atoms with van der Waals surface area (Å²) in [5, 5.41) is 3.78. The molecule has 2 aromatic rings. The van der Waals surface area contributed by atoms with Gasteiger partial charge < -0.3 is 15.0 Å². The van der Waals surface area contributed by atoms with E-state index in [1.807, 2.05) is 6.07 Å². The molecule has 1 fully saturated rings. The maximum atomic E-state index is 11.7. The standard InChI is InChI=1S/C21H23Cl2N3O2/c22-17-14-18(23)21(16-6-7-19(27)24-20(16)17)28-13-12-25-8-10-26(11-9-25)15-4-2-1-3-5-15/h1-5,14H,6-13H2,(H,24,27). The molecule has 0 aliphatic carbocycles. The average Bonchev–Trinajstić information content (AvgIpc) is 2.72. The van der Waals surface area contributed by atoms with Crippen LogP contribution in [0.1, 0.15) is 12.0 Å². The van der Waals surface area contributed by atoms with Crippen molar-refractivity contribution in [2.24, 2.45) is 0 Å². The molecule has 2 aromatic carbocycles. The van der Waals surface area contributed by atoms with Gasteiger partial charge in [0.05, 0.1) is 15.7 Å².